The van der Waals surface area contributed by atoms with E-state index in [4.69, 9.17) is 4.74 Å². The molecule has 0 bridgehead atoms. The first-order valence-corrected chi connectivity index (χ1v) is 11.7. The van der Waals surface area contributed by atoms with Gasteiger partial charge in [0.15, 0.2) is 0 Å². The van der Waals surface area contributed by atoms with Crippen molar-refractivity contribution in [3.63, 3.8) is 0 Å². The number of rotatable bonds is 3. The Morgan fingerprint density at radius 2 is 1.25 bits per heavy atom. The van der Waals surface area contributed by atoms with Gasteiger partial charge in [-0.1, -0.05) is 97.1 Å². The number of hydrogen-bond donors (Lipinski definition) is 1. The van der Waals surface area contributed by atoms with Gasteiger partial charge in [0.2, 0.25) is 0 Å². The Kier molecular flexibility index (Phi) is 5.23. The molecule has 6 rings (SSSR count). The normalized spacial score (nSPS) is 11.1. The smallest absolute Gasteiger partial charge is 0.293 e. The summed E-state index contributed by atoms with van der Waals surface area (Å²) in [6, 6.07) is 35.4. The van der Waals surface area contributed by atoms with Gasteiger partial charge >= 0.3 is 0 Å². The number of aromatic amines is 1. The Bertz CT molecular complexity index is 1860. The van der Waals surface area contributed by atoms with Crippen molar-refractivity contribution in [3.05, 3.63) is 119 Å². The predicted octanol–water partition coefficient (Wildman–Crippen LogP) is 8.34. The summed E-state index contributed by atoms with van der Waals surface area (Å²) in [6.07, 6.45) is 0. The topological polar surface area (TPSA) is 68.2 Å². The molecule has 1 aromatic heterocycles. The molecule has 0 saturated carbocycles. The van der Waals surface area contributed by atoms with Gasteiger partial charge in [0.05, 0.1) is 17.5 Å². The van der Waals surface area contributed by atoms with Gasteiger partial charge in [-0.15, -0.1) is 0 Å². The van der Waals surface area contributed by atoms with E-state index in [1.807, 2.05) is 84.9 Å². The van der Waals surface area contributed by atoms with E-state index in [1.54, 1.807) is 19.2 Å². The van der Waals surface area contributed by atoms with Crippen LogP contribution in [0.2, 0.25) is 0 Å². The maximum absolute atomic E-state index is 12.2. The second kappa shape index (κ2) is 8.71. The Labute approximate surface area is 207 Å². The SMILES string of the molecule is COc1cccc2c3ccccc3c3cccc([N+](=O)[O-])c3[nH]c3c(-c4ccccc4)cccc3c12. The van der Waals surface area contributed by atoms with Gasteiger partial charge in [0.1, 0.15) is 11.3 Å². The van der Waals surface area contributed by atoms with Gasteiger partial charge in [0.25, 0.3) is 5.69 Å². The van der Waals surface area contributed by atoms with Gasteiger partial charge in [-0.25, -0.2) is 0 Å². The Hall–Kier alpha value is -4.90. The predicted molar refractivity (Wildman–Crippen MR) is 147 cm³/mol. The van der Waals surface area contributed by atoms with E-state index >= 15 is 0 Å². The summed E-state index contributed by atoms with van der Waals surface area (Å²) < 4.78 is 5.87. The second-order valence-corrected chi connectivity index (χ2v) is 8.60. The van der Waals surface area contributed by atoms with E-state index < -0.39 is 0 Å². The molecule has 36 heavy (non-hydrogen) atoms. The Balaban J connectivity index is 2.04. The fourth-order valence-corrected chi connectivity index (χ4v) is 5.08. The van der Waals surface area contributed by atoms with Crippen LogP contribution in [0.1, 0.15) is 0 Å². The van der Waals surface area contributed by atoms with Crippen LogP contribution in [-0.4, -0.2) is 17.0 Å². The number of H-pyrrole nitrogens is 1. The highest BCUT2D eigenvalue weighted by molar-refractivity contribution is 6.22. The number of methoxy groups -OCH3 is 1. The lowest BCUT2D eigenvalue weighted by Gasteiger charge is -2.10. The number of para-hydroxylation sites is 2. The molecule has 1 N–H and O–H groups in total. The summed E-state index contributed by atoms with van der Waals surface area (Å²) in [7, 11) is 1.67. The molecule has 0 aliphatic heterocycles. The summed E-state index contributed by atoms with van der Waals surface area (Å²) in [5.74, 6) is 0.732. The average Bonchev–Trinajstić information content (AvgIpc) is 2.98. The largest absolute Gasteiger partial charge is 0.496 e. The number of ether oxygens (including phenoxy) is 1. The lowest BCUT2D eigenvalue weighted by atomic mass is 9.98. The van der Waals surface area contributed by atoms with Gasteiger partial charge < -0.3 is 9.72 Å². The van der Waals surface area contributed by atoms with Gasteiger partial charge in [-0.2, -0.15) is 0 Å². The number of nitrogens with one attached hydrogen (secondary N) is 1. The molecule has 0 amide bonds. The van der Waals surface area contributed by atoms with Crippen molar-refractivity contribution in [2.45, 2.75) is 0 Å². The minimum Gasteiger partial charge on any atom is -0.496 e. The van der Waals surface area contributed by atoms with Crippen LogP contribution in [0.5, 0.6) is 5.75 Å². The van der Waals surface area contributed by atoms with Crippen LogP contribution in [0, 0.1) is 10.1 Å². The highest BCUT2D eigenvalue weighted by Gasteiger charge is 2.16. The third-order valence-electron chi connectivity index (χ3n) is 6.66. The molecule has 0 saturated heterocycles. The van der Waals surface area contributed by atoms with Crippen molar-refractivity contribution in [3.8, 4) is 16.9 Å². The zero-order valence-corrected chi connectivity index (χ0v) is 19.6. The van der Waals surface area contributed by atoms with Crippen LogP contribution in [0.3, 0.4) is 0 Å². The van der Waals surface area contributed by atoms with E-state index in [0.29, 0.717) is 5.52 Å². The van der Waals surface area contributed by atoms with Crippen molar-refractivity contribution in [2.24, 2.45) is 0 Å². The van der Waals surface area contributed by atoms with E-state index in [1.165, 1.54) is 0 Å². The molecule has 5 heteroatoms. The highest BCUT2D eigenvalue weighted by atomic mass is 16.6. The van der Waals surface area contributed by atoms with Gasteiger partial charge in [-0.3, -0.25) is 10.1 Å². The summed E-state index contributed by atoms with van der Waals surface area (Å²) in [5, 5.41) is 17.7. The molecular weight excluding hydrogens is 448 g/mol. The molecule has 174 valence electrons. The maximum Gasteiger partial charge on any atom is 0.293 e. The van der Waals surface area contributed by atoms with Crippen LogP contribution in [0.4, 0.5) is 5.69 Å². The van der Waals surface area contributed by atoms with Crippen LogP contribution < -0.4 is 4.74 Å². The standard InChI is InChI=1S/C31H22N2O3/c1-36-28-19-9-15-24-22-12-5-6-13-23(22)25-16-8-18-27(33(34)35)31(25)32-30-21(20-10-3-2-4-11-20)14-7-17-26(30)29(24)28/h2-19,32H,1H3. The van der Waals surface area contributed by atoms with Gasteiger partial charge in [0, 0.05) is 27.8 Å². The molecule has 0 radical (unpaired) electrons. The highest BCUT2D eigenvalue weighted by Crippen LogP contribution is 2.39. The van der Waals surface area contributed by atoms with Crippen molar-refractivity contribution in [2.75, 3.05) is 7.11 Å². The third-order valence-corrected chi connectivity index (χ3v) is 6.66. The molecule has 6 aromatic rings. The lowest BCUT2D eigenvalue weighted by Crippen LogP contribution is -1.91. The fraction of sp³-hybridized carbons (Fsp3) is 0.0323. The van der Waals surface area contributed by atoms with Crippen molar-refractivity contribution in [1.82, 2.24) is 4.98 Å². The molecule has 0 unspecified atom stereocenters. The number of benzene rings is 5. The minimum atomic E-state index is -0.329. The molecule has 0 fully saturated rings. The number of aromatic nitrogens is 1. The second-order valence-electron chi connectivity index (χ2n) is 8.60. The molecule has 5 aromatic carbocycles. The van der Waals surface area contributed by atoms with E-state index in [-0.39, 0.29) is 10.6 Å². The first-order chi connectivity index (χ1) is 17.7. The number of fused-ring (bicyclic) bond motifs is 7. The van der Waals surface area contributed by atoms with E-state index in [2.05, 4.69) is 17.1 Å². The number of hydrogen-bond acceptors (Lipinski definition) is 3. The number of nitrogens with zero attached hydrogens (tertiary/aromatic N) is 1. The summed E-state index contributed by atoms with van der Waals surface area (Å²) >= 11 is 0. The average molecular weight is 471 g/mol. The van der Waals surface area contributed by atoms with Crippen molar-refractivity contribution in [1.29, 1.82) is 0 Å². The molecule has 0 aliphatic carbocycles. The van der Waals surface area contributed by atoms with Crippen LogP contribution in [-0.2, 0) is 0 Å². The van der Waals surface area contributed by atoms with Crippen LogP contribution >= 0.6 is 0 Å². The number of nitro groups is 1. The third kappa shape index (κ3) is 3.41. The molecule has 5 nitrogen and oxygen atoms in total. The lowest BCUT2D eigenvalue weighted by molar-refractivity contribution is -0.383. The molecule has 0 spiro atoms. The van der Waals surface area contributed by atoms with Crippen molar-refractivity contribution < 1.29 is 9.66 Å². The van der Waals surface area contributed by atoms with Crippen LogP contribution in [0.25, 0.3) is 54.5 Å². The first kappa shape index (κ1) is 21.6. The molecular formula is C31H22N2O3. The molecule has 0 aliphatic rings. The zero-order chi connectivity index (χ0) is 24.6. The van der Waals surface area contributed by atoms with Gasteiger partial charge in [-0.05, 0) is 27.8 Å². The molecule has 1 heterocycles. The first-order valence-electron chi connectivity index (χ1n) is 11.7. The fourth-order valence-electron chi connectivity index (χ4n) is 5.08. The minimum absolute atomic E-state index is 0.0223. The van der Waals surface area contributed by atoms with E-state index in [9.17, 15) is 10.1 Å². The quantitative estimate of drug-likeness (QED) is 0.209. The monoisotopic (exact) mass is 470 g/mol. The number of nitro benzene ring substituents is 1. The number of non-ortho nitro benzene ring substituents is 1. The maximum atomic E-state index is 12.2. The van der Waals surface area contributed by atoms with Crippen molar-refractivity contribution >= 4 is 49.0 Å². The van der Waals surface area contributed by atoms with E-state index in [0.717, 1.165) is 54.7 Å². The molecule has 0 atom stereocenters. The summed E-state index contributed by atoms with van der Waals surface area (Å²) in [5.41, 5.74) is 3.23. The Morgan fingerprint density at radius 3 is 2.00 bits per heavy atom. The Morgan fingerprint density at radius 1 is 0.639 bits per heavy atom. The summed E-state index contributed by atoms with van der Waals surface area (Å²) in [6.45, 7) is 0. The zero-order valence-electron chi connectivity index (χ0n) is 19.6. The summed E-state index contributed by atoms with van der Waals surface area (Å²) in [4.78, 5) is 15.4. The van der Waals surface area contributed by atoms with Crippen LogP contribution in [0.15, 0.2) is 109 Å².